The van der Waals surface area contributed by atoms with Gasteiger partial charge in [0, 0.05) is 0 Å². The zero-order valence-corrected chi connectivity index (χ0v) is 19.4. The maximum Gasteiger partial charge on any atom is 0.121 e. The molecule has 2 nitrogen and oxygen atoms in total. The quantitative estimate of drug-likeness (QED) is 0.491. The second-order valence-corrected chi connectivity index (χ2v) is 9.05. The highest BCUT2D eigenvalue weighted by molar-refractivity contribution is 5.46. The lowest BCUT2D eigenvalue weighted by Gasteiger charge is -2.23. The summed E-state index contributed by atoms with van der Waals surface area (Å²) in [5.74, 6) is 1.10. The average Bonchev–Trinajstić information content (AvgIpc) is 2.66. The molecule has 0 saturated heterocycles. The molecule has 0 aliphatic heterocycles. The van der Waals surface area contributed by atoms with Crippen molar-refractivity contribution in [1.29, 1.82) is 0 Å². The Morgan fingerprint density at radius 1 is 0.500 bits per heavy atom. The minimum Gasteiger partial charge on any atom is -0.507 e. The monoisotopic (exact) mass is 402 g/mol. The molecule has 3 aromatic rings. The van der Waals surface area contributed by atoms with E-state index in [2.05, 4.69) is 57.2 Å². The maximum atomic E-state index is 10.2. The van der Waals surface area contributed by atoms with Crippen LogP contribution in [0.15, 0.2) is 36.4 Å². The van der Waals surface area contributed by atoms with Gasteiger partial charge in [0.05, 0.1) is 0 Å². The third-order valence-electron chi connectivity index (χ3n) is 6.39. The molecule has 2 heteroatoms. The Hall–Kier alpha value is -2.74. The topological polar surface area (TPSA) is 40.5 Å². The molecule has 0 radical (unpaired) electrons. The van der Waals surface area contributed by atoms with Gasteiger partial charge in [-0.25, -0.2) is 0 Å². The third-order valence-corrected chi connectivity index (χ3v) is 6.39. The van der Waals surface area contributed by atoms with E-state index in [1.165, 1.54) is 33.4 Å². The van der Waals surface area contributed by atoms with Gasteiger partial charge in [0.25, 0.3) is 0 Å². The molecule has 3 aromatic carbocycles. The molecule has 3 rings (SSSR count). The van der Waals surface area contributed by atoms with E-state index >= 15 is 0 Å². The van der Waals surface area contributed by atoms with Crippen molar-refractivity contribution in [2.45, 2.75) is 67.2 Å². The highest BCUT2D eigenvalue weighted by atomic mass is 16.3. The lowest BCUT2D eigenvalue weighted by Crippen LogP contribution is -2.10. The van der Waals surface area contributed by atoms with Crippen LogP contribution in [0.2, 0.25) is 0 Å². The first-order chi connectivity index (χ1) is 14.1. The van der Waals surface area contributed by atoms with Crippen LogP contribution in [0.1, 0.15) is 61.6 Å². The summed E-state index contributed by atoms with van der Waals surface area (Å²) in [6.45, 7) is 14.4. The van der Waals surface area contributed by atoms with Gasteiger partial charge in [-0.15, -0.1) is 0 Å². The van der Waals surface area contributed by atoms with Crippen molar-refractivity contribution < 1.29 is 10.2 Å². The lowest BCUT2D eigenvalue weighted by molar-refractivity contribution is 0.466. The van der Waals surface area contributed by atoms with Gasteiger partial charge in [0.15, 0.2) is 0 Å². The Morgan fingerprint density at radius 2 is 0.867 bits per heavy atom. The second kappa shape index (κ2) is 8.55. The number of phenolic OH excluding ortho intramolecular Hbond substituents is 2. The van der Waals surface area contributed by atoms with E-state index in [4.69, 9.17) is 0 Å². The minimum absolute atomic E-state index is 0.316. The summed E-state index contributed by atoms with van der Waals surface area (Å²) in [5, 5.41) is 20.4. The van der Waals surface area contributed by atoms with Crippen LogP contribution in [-0.2, 0) is 12.8 Å². The van der Waals surface area contributed by atoms with Crippen LogP contribution in [0.25, 0.3) is 0 Å². The Balaban J connectivity index is 2.06. The van der Waals surface area contributed by atoms with E-state index in [1.807, 2.05) is 27.7 Å². The SMILES string of the molecule is Cc1cc(C)c(C(Cc2cc(C)c(O)c(C)c2)Cc2cc(C)c(O)c(C)c2)cc1C. The van der Waals surface area contributed by atoms with E-state index in [0.717, 1.165) is 35.1 Å². The van der Waals surface area contributed by atoms with Gasteiger partial charge in [0.2, 0.25) is 0 Å². The zero-order valence-electron chi connectivity index (χ0n) is 19.4. The molecule has 0 aromatic heterocycles. The smallest absolute Gasteiger partial charge is 0.121 e. The summed E-state index contributed by atoms with van der Waals surface area (Å²) in [6, 6.07) is 13.1. The molecule has 0 saturated carbocycles. The molecule has 0 aliphatic carbocycles. The summed E-state index contributed by atoms with van der Waals surface area (Å²) in [4.78, 5) is 0. The van der Waals surface area contributed by atoms with Crippen LogP contribution >= 0.6 is 0 Å². The van der Waals surface area contributed by atoms with E-state index in [1.54, 1.807) is 0 Å². The van der Waals surface area contributed by atoms with Gasteiger partial charge in [-0.1, -0.05) is 36.4 Å². The number of hydrogen-bond donors (Lipinski definition) is 2. The normalized spacial score (nSPS) is 11.3. The van der Waals surface area contributed by atoms with Crippen molar-refractivity contribution in [3.05, 3.63) is 92.0 Å². The van der Waals surface area contributed by atoms with E-state index in [9.17, 15) is 10.2 Å². The molecular formula is C28H34O2. The summed E-state index contributed by atoms with van der Waals surface area (Å²) >= 11 is 0. The molecule has 0 spiro atoms. The van der Waals surface area contributed by atoms with Crippen LogP contribution in [-0.4, -0.2) is 10.2 Å². The van der Waals surface area contributed by atoms with Crippen molar-refractivity contribution in [1.82, 2.24) is 0 Å². The molecule has 0 amide bonds. The molecule has 2 N–H and O–H groups in total. The second-order valence-electron chi connectivity index (χ2n) is 9.05. The van der Waals surface area contributed by atoms with Gasteiger partial charge >= 0.3 is 0 Å². The number of rotatable bonds is 5. The van der Waals surface area contributed by atoms with Gasteiger partial charge < -0.3 is 10.2 Å². The number of benzene rings is 3. The Morgan fingerprint density at radius 3 is 1.27 bits per heavy atom. The average molecular weight is 403 g/mol. The number of hydrogen-bond acceptors (Lipinski definition) is 2. The van der Waals surface area contributed by atoms with Crippen LogP contribution in [0, 0.1) is 48.5 Å². The molecular weight excluding hydrogens is 368 g/mol. The van der Waals surface area contributed by atoms with Crippen molar-refractivity contribution in [2.75, 3.05) is 0 Å². The van der Waals surface area contributed by atoms with Crippen molar-refractivity contribution in [2.24, 2.45) is 0 Å². The van der Waals surface area contributed by atoms with Gasteiger partial charge in [-0.3, -0.25) is 0 Å². The number of aryl methyl sites for hydroxylation is 7. The van der Waals surface area contributed by atoms with Crippen LogP contribution < -0.4 is 0 Å². The molecule has 0 aliphatic rings. The molecule has 0 unspecified atom stereocenters. The van der Waals surface area contributed by atoms with Crippen molar-refractivity contribution >= 4 is 0 Å². The summed E-state index contributed by atoms with van der Waals surface area (Å²) in [5.41, 5.74) is 11.5. The third kappa shape index (κ3) is 4.53. The molecule has 0 heterocycles. The minimum atomic E-state index is 0.316. The van der Waals surface area contributed by atoms with Crippen LogP contribution in [0.4, 0.5) is 0 Å². The number of aromatic hydroxyl groups is 2. The molecule has 0 fully saturated rings. The van der Waals surface area contributed by atoms with Crippen molar-refractivity contribution in [3.8, 4) is 11.5 Å². The Kier molecular flexibility index (Phi) is 6.26. The predicted octanol–water partition coefficient (Wildman–Crippen LogP) is 6.83. The first kappa shape index (κ1) is 22.0. The standard InChI is InChI=1S/C28H34O2/c1-16-8-18(3)26(13-17(16)2)25(14-23-9-19(4)27(29)20(5)10-23)15-24-11-21(6)28(30)22(7)12-24/h8-13,25,29-30H,14-15H2,1-7H3. The van der Waals surface area contributed by atoms with Gasteiger partial charge in [-0.2, -0.15) is 0 Å². The largest absolute Gasteiger partial charge is 0.507 e. The fraction of sp³-hybridized carbons (Fsp3) is 0.357. The first-order valence-electron chi connectivity index (χ1n) is 10.7. The Bertz CT molecular complexity index is 987. The highest BCUT2D eigenvalue weighted by Gasteiger charge is 2.19. The molecule has 158 valence electrons. The predicted molar refractivity (Wildman–Crippen MR) is 126 cm³/mol. The van der Waals surface area contributed by atoms with E-state index in [0.29, 0.717) is 17.4 Å². The zero-order chi connectivity index (χ0) is 22.2. The lowest BCUT2D eigenvalue weighted by atomic mass is 9.82. The van der Waals surface area contributed by atoms with E-state index in [-0.39, 0.29) is 0 Å². The maximum absolute atomic E-state index is 10.2. The van der Waals surface area contributed by atoms with Gasteiger partial charge in [-0.05, 0) is 123 Å². The van der Waals surface area contributed by atoms with Crippen LogP contribution in [0.3, 0.4) is 0 Å². The summed E-state index contributed by atoms with van der Waals surface area (Å²) < 4.78 is 0. The molecule has 0 bridgehead atoms. The summed E-state index contributed by atoms with van der Waals surface area (Å²) in [6.07, 6.45) is 1.81. The molecule has 0 atom stereocenters. The van der Waals surface area contributed by atoms with Crippen LogP contribution in [0.5, 0.6) is 11.5 Å². The Labute approximate surface area is 181 Å². The highest BCUT2D eigenvalue weighted by Crippen LogP contribution is 2.33. The van der Waals surface area contributed by atoms with E-state index < -0.39 is 0 Å². The van der Waals surface area contributed by atoms with Crippen molar-refractivity contribution in [3.63, 3.8) is 0 Å². The fourth-order valence-electron chi connectivity index (χ4n) is 4.61. The fourth-order valence-corrected chi connectivity index (χ4v) is 4.61. The number of phenols is 2. The summed E-state index contributed by atoms with van der Waals surface area (Å²) in [7, 11) is 0. The first-order valence-corrected chi connectivity index (χ1v) is 10.7. The van der Waals surface area contributed by atoms with Gasteiger partial charge in [0.1, 0.15) is 11.5 Å². The molecule has 30 heavy (non-hydrogen) atoms.